The van der Waals surface area contributed by atoms with Gasteiger partial charge in [-0.1, -0.05) is 6.08 Å². The van der Waals surface area contributed by atoms with Gasteiger partial charge in [-0.05, 0) is 68.1 Å². The Morgan fingerprint density at radius 2 is 1.71 bits per heavy atom. The third-order valence-corrected chi connectivity index (χ3v) is 8.74. The quantitative estimate of drug-likeness (QED) is 0.716. The zero-order chi connectivity index (χ0) is 16.9. The minimum absolute atomic E-state index is 0.132. The lowest BCUT2D eigenvalue weighted by molar-refractivity contribution is -0.140. The van der Waals surface area contributed by atoms with Crippen LogP contribution in [0.25, 0.3) is 0 Å². The lowest BCUT2D eigenvalue weighted by Gasteiger charge is -2.57. The van der Waals surface area contributed by atoms with Crippen LogP contribution in [0.2, 0.25) is 0 Å². The first-order chi connectivity index (χ1) is 11.4. The van der Waals surface area contributed by atoms with Crippen molar-refractivity contribution in [2.45, 2.75) is 57.4 Å². The minimum atomic E-state index is -2.97. The molecule has 1 saturated heterocycles. The molecule has 4 bridgehead atoms. The van der Waals surface area contributed by atoms with Crippen LogP contribution in [0, 0.1) is 23.2 Å². The Kier molecular flexibility index (Phi) is 4.06. The summed E-state index contributed by atoms with van der Waals surface area (Å²) in [5.41, 5.74) is 0.211. The number of amides is 1. The number of carbonyl (C=O) groups excluding carboxylic acids is 1. The fourth-order valence-electron chi connectivity index (χ4n) is 6.54. The maximum Gasteiger partial charge on any atom is 0.223 e. The van der Waals surface area contributed by atoms with Crippen molar-refractivity contribution in [1.82, 2.24) is 4.90 Å². The largest absolute Gasteiger partial charge is 0.335 e. The molecule has 1 atom stereocenters. The van der Waals surface area contributed by atoms with E-state index in [9.17, 15) is 13.2 Å². The third-order valence-electron chi connectivity index (χ3n) is 6.99. The van der Waals surface area contributed by atoms with Crippen molar-refractivity contribution in [3.05, 3.63) is 12.7 Å². The highest BCUT2D eigenvalue weighted by molar-refractivity contribution is 7.91. The molecule has 134 valence electrons. The van der Waals surface area contributed by atoms with Gasteiger partial charge >= 0.3 is 0 Å². The number of hydrogen-bond donors (Lipinski definition) is 0. The third kappa shape index (κ3) is 3.04. The Bertz CT molecular complexity index is 604. The number of hydrogen-bond acceptors (Lipinski definition) is 3. The summed E-state index contributed by atoms with van der Waals surface area (Å²) in [5, 5.41) is 0. The predicted molar refractivity (Wildman–Crippen MR) is 94.2 cm³/mol. The molecule has 1 amide bonds. The molecule has 0 aromatic heterocycles. The molecule has 0 aromatic carbocycles. The second-order valence-electron chi connectivity index (χ2n) is 8.99. The van der Waals surface area contributed by atoms with E-state index in [1.54, 1.807) is 6.08 Å². The maximum absolute atomic E-state index is 13.1. The molecule has 0 aromatic rings. The Morgan fingerprint density at radius 3 is 2.17 bits per heavy atom. The number of sulfone groups is 1. The monoisotopic (exact) mass is 351 g/mol. The van der Waals surface area contributed by atoms with E-state index in [2.05, 4.69) is 6.58 Å². The van der Waals surface area contributed by atoms with Gasteiger partial charge in [0.2, 0.25) is 5.91 Å². The first kappa shape index (κ1) is 16.6. The van der Waals surface area contributed by atoms with E-state index in [4.69, 9.17) is 0 Å². The lowest BCUT2D eigenvalue weighted by Crippen LogP contribution is -2.50. The fourth-order valence-corrected chi connectivity index (χ4v) is 8.27. The normalized spacial score (nSPS) is 42.2. The van der Waals surface area contributed by atoms with Gasteiger partial charge in [-0.2, -0.15) is 0 Å². The summed E-state index contributed by atoms with van der Waals surface area (Å²) in [6, 6.07) is -0.144. The van der Waals surface area contributed by atoms with E-state index in [0.29, 0.717) is 19.4 Å². The number of nitrogens with zero attached hydrogens (tertiary/aromatic N) is 1. The van der Waals surface area contributed by atoms with Gasteiger partial charge in [0.1, 0.15) is 0 Å². The summed E-state index contributed by atoms with van der Waals surface area (Å²) in [6.45, 7) is 4.25. The summed E-state index contributed by atoms with van der Waals surface area (Å²) >= 11 is 0. The van der Waals surface area contributed by atoms with Gasteiger partial charge in [0, 0.05) is 19.0 Å². The smallest absolute Gasteiger partial charge is 0.223 e. The van der Waals surface area contributed by atoms with E-state index in [-0.39, 0.29) is 28.9 Å². The molecule has 1 heterocycles. The van der Waals surface area contributed by atoms with Crippen LogP contribution < -0.4 is 0 Å². The highest BCUT2D eigenvalue weighted by Gasteiger charge is 2.52. The topological polar surface area (TPSA) is 54.5 Å². The Balaban J connectivity index is 1.48. The second-order valence-corrected chi connectivity index (χ2v) is 11.2. The first-order valence-electron chi connectivity index (χ1n) is 9.49. The lowest BCUT2D eigenvalue weighted by atomic mass is 9.49. The zero-order valence-corrected chi connectivity index (χ0v) is 15.3. The van der Waals surface area contributed by atoms with Gasteiger partial charge in [-0.25, -0.2) is 8.42 Å². The molecule has 5 rings (SSSR count). The molecular weight excluding hydrogens is 322 g/mol. The van der Waals surface area contributed by atoms with Crippen LogP contribution in [0.3, 0.4) is 0 Å². The van der Waals surface area contributed by atoms with E-state index in [1.807, 2.05) is 4.90 Å². The van der Waals surface area contributed by atoms with E-state index in [1.165, 1.54) is 38.5 Å². The van der Waals surface area contributed by atoms with Gasteiger partial charge in [0.15, 0.2) is 9.84 Å². The summed E-state index contributed by atoms with van der Waals surface area (Å²) < 4.78 is 23.6. The summed E-state index contributed by atoms with van der Waals surface area (Å²) in [6.07, 6.45) is 10.7. The van der Waals surface area contributed by atoms with E-state index < -0.39 is 9.84 Å². The van der Waals surface area contributed by atoms with Crippen molar-refractivity contribution in [3.8, 4) is 0 Å². The average Bonchev–Trinajstić information content (AvgIpc) is 2.82. The molecular formula is C19H29NO3S. The molecule has 4 aliphatic carbocycles. The van der Waals surface area contributed by atoms with Crippen molar-refractivity contribution < 1.29 is 13.2 Å². The SMILES string of the molecule is C=CCN(C(=O)CC12CC3CC(CC(C3)C1)C2)C1CCS(=O)(=O)C1. The number of carbonyl (C=O) groups is 1. The molecule has 4 nitrogen and oxygen atoms in total. The average molecular weight is 352 g/mol. The van der Waals surface area contributed by atoms with Gasteiger partial charge in [-0.3, -0.25) is 4.79 Å². The molecule has 5 aliphatic rings. The molecule has 4 saturated carbocycles. The molecule has 1 unspecified atom stereocenters. The van der Waals surface area contributed by atoms with Crippen molar-refractivity contribution >= 4 is 15.7 Å². The van der Waals surface area contributed by atoms with Gasteiger partial charge in [0.05, 0.1) is 11.5 Å². The van der Waals surface area contributed by atoms with Crippen LogP contribution in [0.1, 0.15) is 51.4 Å². The molecule has 1 aliphatic heterocycles. The standard InChI is InChI=1S/C19H29NO3S/c1-2-4-20(17-3-5-24(22,23)13-17)18(21)12-19-9-14-6-15(10-19)8-16(7-14)11-19/h2,14-17H,1,3-13H2. The second kappa shape index (κ2) is 5.86. The molecule has 5 fully saturated rings. The highest BCUT2D eigenvalue weighted by Crippen LogP contribution is 2.61. The Hall–Kier alpha value is -0.840. The number of rotatable bonds is 5. The first-order valence-corrected chi connectivity index (χ1v) is 11.3. The highest BCUT2D eigenvalue weighted by atomic mass is 32.2. The van der Waals surface area contributed by atoms with Gasteiger partial charge in [0.25, 0.3) is 0 Å². The van der Waals surface area contributed by atoms with Crippen LogP contribution in [0.5, 0.6) is 0 Å². The minimum Gasteiger partial charge on any atom is -0.335 e. The van der Waals surface area contributed by atoms with Crippen LogP contribution >= 0.6 is 0 Å². The molecule has 24 heavy (non-hydrogen) atoms. The summed E-state index contributed by atoms with van der Waals surface area (Å²) in [5.74, 6) is 3.03. The van der Waals surface area contributed by atoms with E-state index in [0.717, 1.165) is 17.8 Å². The van der Waals surface area contributed by atoms with Crippen LogP contribution in [0.4, 0.5) is 0 Å². The summed E-state index contributed by atoms with van der Waals surface area (Å²) in [4.78, 5) is 14.9. The molecule has 5 heteroatoms. The summed E-state index contributed by atoms with van der Waals surface area (Å²) in [7, 11) is -2.97. The Labute approximate surface area is 145 Å². The van der Waals surface area contributed by atoms with Crippen LogP contribution in [-0.2, 0) is 14.6 Å². The maximum atomic E-state index is 13.1. The zero-order valence-electron chi connectivity index (χ0n) is 14.5. The van der Waals surface area contributed by atoms with E-state index >= 15 is 0 Å². The van der Waals surface area contributed by atoms with Crippen molar-refractivity contribution in [3.63, 3.8) is 0 Å². The van der Waals surface area contributed by atoms with Crippen molar-refractivity contribution in [2.75, 3.05) is 18.1 Å². The van der Waals surface area contributed by atoms with Gasteiger partial charge in [-0.15, -0.1) is 6.58 Å². The molecule has 0 spiro atoms. The van der Waals surface area contributed by atoms with Gasteiger partial charge < -0.3 is 4.90 Å². The van der Waals surface area contributed by atoms with Crippen LogP contribution in [0.15, 0.2) is 12.7 Å². The Morgan fingerprint density at radius 1 is 1.12 bits per heavy atom. The predicted octanol–water partition coefficient (Wildman–Crippen LogP) is 2.79. The molecule has 0 N–H and O–H groups in total. The molecule has 0 radical (unpaired) electrons. The van der Waals surface area contributed by atoms with Crippen molar-refractivity contribution in [2.24, 2.45) is 23.2 Å². The van der Waals surface area contributed by atoms with Crippen LogP contribution in [-0.4, -0.2) is 43.3 Å². The van der Waals surface area contributed by atoms with Crippen molar-refractivity contribution in [1.29, 1.82) is 0 Å². The fraction of sp³-hybridized carbons (Fsp3) is 0.842.